The Hall–Kier alpha value is -2.73. The maximum atomic E-state index is 5.47. The van der Waals surface area contributed by atoms with E-state index in [0.29, 0.717) is 17.2 Å². The van der Waals surface area contributed by atoms with Crippen LogP contribution in [-0.2, 0) is 0 Å². The van der Waals surface area contributed by atoms with Crippen LogP contribution < -0.4 is 14.2 Å². The Balaban J connectivity index is 1.61. The molecule has 2 aliphatic rings. The monoisotopic (exact) mass is 440 g/mol. The minimum atomic E-state index is 0.607. The molecule has 2 aliphatic heterocycles. The lowest BCUT2D eigenvalue weighted by Gasteiger charge is -2.27. The maximum absolute atomic E-state index is 5.47. The summed E-state index contributed by atoms with van der Waals surface area (Å²) in [6.45, 7) is 2.95. The fourth-order valence-corrected chi connectivity index (χ4v) is 4.46. The first-order valence-corrected chi connectivity index (χ1v) is 11.5. The summed E-state index contributed by atoms with van der Waals surface area (Å²) >= 11 is 1.93. The van der Waals surface area contributed by atoms with Gasteiger partial charge in [-0.25, -0.2) is 0 Å². The van der Waals surface area contributed by atoms with Crippen molar-refractivity contribution in [3.05, 3.63) is 71.0 Å². The number of hydrogen-bond acceptors (Lipinski definition) is 6. The highest BCUT2D eigenvalue weighted by atomic mass is 32.2. The number of ether oxygens (including phenoxy) is 3. The van der Waals surface area contributed by atoms with Crippen molar-refractivity contribution < 1.29 is 14.2 Å². The van der Waals surface area contributed by atoms with Gasteiger partial charge in [0.2, 0.25) is 5.75 Å². The molecule has 0 aliphatic carbocycles. The van der Waals surface area contributed by atoms with Crippen LogP contribution in [0.4, 0.5) is 0 Å². The summed E-state index contributed by atoms with van der Waals surface area (Å²) < 4.78 is 16.3. The van der Waals surface area contributed by atoms with Gasteiger partial charge in [-0.3, -0.25) is 0 Å². The third-order valence-electron chi connectivity index (χ3n) is 5.18. The summed E-state index contributed by atoms with van der Waals surface area (Å²) in [5.74, 6) is 3.03. The van der Waals surface area contributed by atoms with E-state index in [1.165, 1.54) is 10.7 Å². The lowest BCUT2D eigenvalue weighted by Crippen LogP contribution is -2.25. The Bertz CT molecular complexity index is 877. The van der Waals surface area contributed by atoms with Gasteiger partial charge in [0.05, 0.1) is 26.4 Å². The molecule has 0 spiro atoms. The Morgan fingerprint density at radius 3 is 2.32 bits per heavy atom. The molecule has 2 heterocycles. The number of allylic oxidation sites excluding steroid dienone is 5. The zero-order valence-electron chi connectivity index (χ0n) is 18.8. The molecule has 0 saturated carbocycles. The molecular formula is C25H32N2O3S. The second kappa shape index (κ2) is 11.6. The minimum absolute atomic E-state index is 0.607. The highest BCUT2D eigenvalue weighted by Crippen LogP contribution is 2.38. The first kappa shape index (κ1) is 22.9. The largest absolute Gasteiger partial charge is 0.493 e. The van der Waals surface area contributed by atoms with Crippen LogP contribution in [0.15, 0.2) is 65.4 Å². The normalized spacial score (nSPS) is 15.9. The topological polar surface area (TPSA) is 34.2 Å². The van der Waals surface area contributed by atoms with Crippen LogP contribution in [0.1, 0.15) is 12.0 Å². The number of hydrogen-bond donors (Lipinski definition) is 0. The van der Waals surface area contributed by atoms with E-state index in [1.807, 2.05) is 23.9 Å². The van der Waals surface area contributed by atoms with Gasteiger partial charge >= 0.3 is 0 Å². The van der Waals surface area contributed by atoms with Crippen molar-refractivity contribution in [1.82, 2.24) is 9.80 Å². The second-order valence-corrected chi connectivity index (χ2v) is 8.39. The smallest absolute Gasteiger partial charge is 0.203 e. The van der Waals surface area contributed by atoms with Gasteiger partial charge in [-0.05, 0) is 42.3 Å². The van der Waals surface area contributed by atoms with Crippen LogP contribution in [0.3, 0.4) is 0 Å². The van der Waals surface area contributed by atoms with Gasteiger partial charge in [0.1, 0.15) is 0 Å². The fraction of sp³-hybridized carbons (Fsp3) is 0.360. The van der Waals surface area contributed by atoms with Gasteiger partial charge in [-0.2, -0.15) is 0 Å². The van der Waals surface area contributed by atoms with Crippen molar-refractivity contribution in [2.24, 2.45) is 0 Å². The first-order chi connectivity index (χ1) is 15.2. The van der Waals surface area contributed by atoms with Crippen molar-refractivity contribution in [2.45, 2.75) is 6.42 Å². The van der Waals surface area contributed by atoms with Crippen LogP contribution in [0.25, 0.3) is 6.08 Å². The van der Waals surface area contributed by atoms with Crippen molar-refractivity contribution in [2.75, 3.05) is 53.8 Å². The van der Waals surface area contributed by atoms with Crippen LogP contribution in [0, 0.1) is 0 Å². The fourth-order valence-electron chi connectivity index (χ4n) is 3.50. The van der Waals surface area contributed by atoms with Gasteiger partial charge in [-0.15, -0.1) is 11.8 Å². The van der Waals surface area contributed by atoms with Crippen LogP contribution in [0.5, 0.6) is 17.2 Å². The minimum Gasteiger partial charge on any atom is -0.493 e. The molecule has 0 radical (unpaired) electrons. The van der Waals surface area contributed by atoms with Gasteiger partial charge in [0, 0.05) is 38.1 Å². The molecule has 0 saturated heterocycles. The molecule has 0 unspecified atom stereocenters. The Labute approximate surface area is 190 Å². The molecule has 0 N–H and O–H groups in total. The molecule has 0 aromatic heterocycles. The third-order valence-corrected chi connectivity index (χ3v) is 6.42. The van der Waals surface area contributed by atoms with Crippen molar-refractivity contribution in [1.29, 1.82) is 0 Å². The summed E-state index contributed by atoms with van der Waals surface area (Å²) in [5.41, 5.74) is 2.21. The zero-order chi connectivity index (χ0) is 22.1. The Morgan fingerprint density at radius 2 is 1.65 bits per heavy atom. The maximum Gasteiger partial charge on any atom is 0.203 e. The third kappa shape index (κ3) is 6.14. The standard InChI is InChI=1S/C25H32N2O3S/c1-26-14-7-6-11-24(26)31-17-9-16-27-15-8-5-10-21(27)13-12-20-18-22(28-2)25(30-4)23(19-20)29-3/h5-8,10-13,18-19H,9,14-17H2,1-4H3. The van der Waals surface area contributed by atoms with E-state index in [9.17, 15) is 0 Å². The van der Waals surface area contributed by atoms with Gasteiger partial charge in [0.15, 0.2) is 11.5 Å². The highest BCUT2D eigenvalue weighted by Gasteiger charge is 2.13. The van der Waals surface area contributed by atoms with Crippen molar-refractivity contribution in [3.63, 3.8) is 0 Å². The second-order valence-electron chi connectivity index (χ2n) is 7.27. The van der Waals surface area contributed by atoms with Crippen molar-refractivity contribution >= 4 is 17.8 Å². The highest BCUT2D eigenvalue weighted by molar-refractivity contribution is 8.03. The quantitative estimate of drug-likeness (QED) is 0.479. The summed E-state index contributed by atoms with van der Waals surface area (Å²) in [6.07, 6.45) is 18.4. The molecule has 1 aromatic carbocycles. The number of thioether (sulfide) groups is 1. The van der Waals surface area contributed by atoms with Gasteiger partial charge in [0.25, 0.3) is 0 Å². The average molecular weight is 441 g/mol. The van der Waals surface area contributed by atoms with E-state index in [2.05, 4.69) is 65.5 Å². The number of likely N-dealkylation sites (N-methyl/N-ethyl adjacent to an activating group) is 1. The van der Waals surface area contributed by atoms with Crippen LogP contribution >= 0.6 is 11.8 Å². The number of benzene rings is 1. The number of nitrogens with zero attached hydrogens (tertiary/aromatic N) is 2. The number of rotatable bonds is 10. The summed E-state index contributed by atoms with van der Waals surface area (Å²) in [5, 5.41) is 1.35. The molecule has 5 nitrogen and oxygen atoms in total. The van der Waals surface area contributed by atoms with E-state index in [0.717, 1.165) is 37.4 Å². The first-order valence-electron chi connectivity index (χ1n) is 10.5. The van der Waals surface area contributed by atoms with Gasteiger partial charge in [-0.1, -0.05) is 30.4 Å². The van der Waals surface area contributed by atoms with Gasteiger partial charge < -0.3 is 24.0 Å². The predicted octanol–water partition coefficient (Wildman–Crippen LogP) is 4.95. The zero-order valence-corrected chi connectivity index (χ0v) is 19.7. The average Bonchev–Trinajstić information content (AvgIpc) is 2.81. The van der Waals surface area contributed by atoms with E-state index in [1.54, 1.807) is 21.3 Å². The molecular weight excluding hydrogens is 408 g/mol. The van der Waals surface area contributed by atoms with E-state index >= 15 is 0 Å². The molecule has 0 atom stereocenters. The molecule has 3 rings (SSSR count). The SMILES string of the molecule is COc1cc(C=CC2=CC=CCN2CCCSC2=CC=CCN2C)cc(OC)c1OC. The lowest BCUT2D eigenvalue weighted by atomic mass is 10.1. The summed E-state index contributed by atoms with van der Waals surface area (Å²) in [6, 6.07) is 3.92. The molecule has 166 valence electrons. The Morgan fingerprint density at radius 1 is 0.935 bits per heavy atom. The molecule has 0 bridgehead atoms. The number of methoxy groups -OCH3 is 3. The molecule has 0 amide bonds. The van der Waals surface area contributed by atoms with Crippen LogP contribution in [-0.4, -0.2) is 63.6 Å². The summed E-state index contributed by atoms with van der Waals surface area (Å²) in [4.78, 5) is 4.70. The Kier molecular flexibility index (Phi) is 8.59. The molecule has 31 heavy (non-hydrogen) atoms. The molecule has 1 aromatic rings. The van der Waals surface area contributed by atoms with E-state index in [4.69, 9.17) is 14.2 Å². The van der Waals surface area contributed by atoms with Crippen molar-refractivity contribution in [3.8, 4) is 17.2 Å². The van der Waals surface area contributed by atoms with Crippen LogP contribution in [0.2, 0.25) is 0 Å². The lowest BCUT2D eigenvalue weighted by molar-refractivity contribution is 0.324. The van der Waals surface area contributed by atoms with E-state index in [-0.39, 0.29) is 0 Å². The molecule has 0 fully saturated rings. The molecule has 6 heteroatoms. The predicted molar refractivity (Wildman–Crippen MR) is 131 cm³/mol. The summed E-state index contributed by atoms with van der Waals surface area (Å²) in [7, 11) is 7.03. The van der Waals surface area contributed by atoms with E-state index < -0.39 is 0 Å².